The second-order valence-electron chi connectivity index (χ2n) is 8.23. The normalized spacial score (nSPS) is 11.0. The van der Waals surface area contributed by atoms with Crippen LogP contribution in [0.3, 0.4) is 0 Å². The van der Waals surface area contributed by atoms with E-state index in [1.807, 2.05) is 44.2 Å². The Morgan fingerprint density at radius 1 is 1.06 bits per heavy atom. The molecule has 36 heavy (non-hydrogen) atoms. The number of esters is 1. The number of rotatable bonds is 6. The minimum absolute atomic E-state index is 0.307. The third-order valence-corrected chi connectivity index (χ3v) is 5.95. The molecule has 2 aromatic carbocycles. The number of hydrogen-bond acceptors (Lipinski definition) is 7. The van der Waals surface area contributed by atoms with E-state index >= 15 is 0 Å². The second-order valence-corrected chi connectivity index (χ2v) is 8.23. The summed E-state index contributed by atoms with van der Waals surface area (Å²) >= 11 is 0. The number of H-pyrrole nitrogens is 2. The standard InChI is InChI=1S/C26H24N6O4/c1-14-7-5-6-8-21(14)32-24(28-19-10-9-17(35-3)12-18(19)25(33)36-4)22(15(2)31-32)16-11-20-23(27-13-16)30-26(34)29-20/h5-13,28H,1-4H3,(H2,27,29,30,34). The molecule has 0 bridgehead atoms. The first-order chi connectivity index (χ1) is 17.4. The van der Waals surface area contributed by atoms with Gasteiger partial charge in [-0.05, 0) is 49.7 Å². The first-order valence-corrected chi connectivity index (χ1v) is 11.2. The molecule has 0 aliphatic heterocycles. The van der Waals surface area contributed by atoms with E-state index in [1.165, 1.54) is 14.2 Å². The number of imidazole rings is 1. The molecule has 10 nitrogen and oxygen atoms in total. The molecule has 10 heteroatoms. The summed E-state index contributed by atoms with van der Waals surface area (Å²) in [4.78, 5) is 34.2. The van der Waals surface area contributed by atoms with Gasteiger partial charge in [-0.1, -0.05) is 18.2 Å². The number of carbonyl (C=O) groups excluding carboxylic acids is 1. The van der Waals surface area contributed by atoms with Crippen molar-refractivity contribution in [3.63, 3.8) is 0 Å². The minimum atomic E-state index is -0.510. The number of aromatic amines is 2. The Bertz CT molecular complexity index is 1660. The zero-order valence-electron chi connectivity index (χ0n) is 20.2. The fraction of sp³-hybridized carbons (Fsp3) is 0.154. The monoisotopic (exact) mass is 484 g/mol. The Kier molecular flexibility index (Phi) is 5.77. The van der Waals surface area contributed by atoms with Gasteiger partial charge < -0.3 is 19.8 Å². The summed E-state index contributed by atoms with van der Waals surface area (Å²) in [5.41, 5.74) is 5.65. The molecule has 3 heterocycles. The molecule has 0 saturated heterocycles. The van der Waals surface area contributed by atoms with Crippen LogP contribution in [0.15, 0.2) is 59.5 Å². The van der Waals surface area contributed by atoms with Crippen LogP contribution in [0.25, 0.3) is 28.0 Å². The van der Waals surface area contributed by atoms with E-state index in [-0.39, 0.29) is 5.69 Å². The fourth-order valence-corrected chi connectivity index (χ4v) is 4.19. The van der Waals surface area contributed by atoms with Crippen LogP contribution in [-0.4, -0.2) is 44.9 Å². The number of benzene rings is 2. The fourth-order valence-electron chi connectivity index (χ4n) is 4.19. The van der Waals surface area contributed by atoms with Crippen LogP contribution in [0.1, 0.15) is 21.6 Å². The molecule has 0 unspecified atom stereocenters. The van der Waals surface area contributed by atoms with Crippen LogP contribution < -0.4 is 15.7 Å². The van der Waals surface area contributed by atoms with E-state index in [2.05, 4.69) is 20.3 Å². The van der Waals surface area contributed by atoms with Gasteiger partial charge in [0, 0.05) is 17.3 Å². The maximum Gasteiger partial charge on any atom is 0.340 e. The van der Waals surface area contributed by atoms with Gasteiger partial charge >= 0.3 is 11.7 Å². The quantitative estimate of drug-likeness (QED) is 0.307. The highest BCUT2D eigenvalue weighted by Gasteiger charge is 2.23. The maximum atomic E-state index is 12.6. The highest BCUT2D eigenvalue weighted by atomic mass is 16.5. The van der Waals surface area contributed by atoms with Gasteiger partial charge in [-0.15, -0.1) is 0 Å². The molecule has 3 N–H and O–H groups in total. The van der Waals surface area contributed by atoms with E-state index in [1.54, 1.807) is 29.1 Å². The average molecular weight is 485 g/mol. The summed E-state index contributed by atoms with van der Waals surface area (Å²) in [5, 5.41) is 8.24. The molecule has 0 fully saturated rings. The van der Waals surface area contributed by atoms with Crippen molar-refractivity contribution in [2.24, 2.45) is 0 Å². The van der Waals surface area contributed by atoms with Crippen molar-refractivity contribution in [3.05, 3.63) is 82.0 Å². The minimum Gasteiger partial charge on any atom is -0.497 e. The predicted molar refractivity (Wildman–Crippen MR) is 136 cm³/mol. The van der Waals surface area contributed by atoms with Gasteiger partial charge in [0.1, 0.15) is 11.6 Å². The number of carbonyl (C=O) groups is 1. The van der Waals surface area contributed by atoms with E-state index in [0.29, 0.717) is 34.0 Å². The van der Waals surface area contributed by atoms with Gasteiger partial charge in [0.05, 0.1) is 42.4 Å². The topological polar surface area (TPSA) is 127 Å². The molecular weight excluding hydrogens is 460 g/mol. The molecule has 0 amide bonds. The summed E-state index contributed by atoms with van der Waals surface area (Å²) in [6.07, 6.45) is 1.68. The molecular formula is C26H24N6O4. The zero-order chi connectivity index (χ0) is 25.4. The lowest BCUT2D eigenvalue weighted by Gasteiger charge is -2.16. The van der Waals surface area contributed by atoms with Gasteiger partial charge in [0.25, 0.3) is 0 Å². The van der Waals surface area contributed by atoms with Crippen molar-refractivity contribution in [3.8, 4) is 22.6 Å². The molecule has 0 aliphatic carbocycles. The van der Waals surface area contributed by atoms with Gasteiger partial charge in [-0.25, -0.2) is 19.3 Å². The molecule has 0 radical (unpaired) electrons. The number of aryl methyl sites for hydroxylation is 2. The number of nitrogens with one attached hydrogen (secondary N) is 3. The lowest BCUT2D eigenvalue weighted by Crippen LogP contribution is -2.09. The van der Waals surface area contributed by atoms with Gasteiger partial charge in [0.2, 0.25) is 0 Å². The van der Waals surface area contributed by atoms with Crippen LogP contribution in [0.2, 0.25) is 0 Å². The van der Waals surface area contributed by atoms with Gasteiger partial charge in [-0.2, -0.15) is 5.10 Å². The van der Waals surface area contributed by atoms with Crippen molar-refractivity contribution in [2.45, 2.75) is 13.8 Å². The highest BCUT2D eigenvalue weighted by molar-refractivity contribution is 5.98. The molecule has 5 rings (SSSR count). The van der Waals surface area contributed by atoms with Crippen LogP contribution in [-0.2, 0) is 4.74 Å². The van der Waals surface area contributed by atoms with Gasteiger partial charge in [0.15, 0.2) is 5.65 Å². The number of methoxy groups -OCH3 is 2. The Hall–Kier alpha value is -4.86. The number of ether oxygens (including phenoxy) is 2. The largest absolute Gasteiger partial charge is 0.497 e. The van der Waals surface area contributed by atoms with E-state index in [4.69, 9.17) is 14.6 Å². The first kappa shape index (κ1) is 22.9. The number of nitrogens with zero attached hydrogens (tertiary/aromatic N) is 3. The predicted octanol–water partition coefficient (Wildman–Crippen LogP) is 4.26. The Morgan fingerprint density at radius 2 is 1.86 bits per heavy atom. The van der Waals surface area contributed by atoms with E-state index in [0.717, 1.165) is 28.1 Å². The Labute approximate surface area is 205 Å². The first-order valence-electron chi connectivity index (χ1n) is 11.2. The van der Waals surface area contributed by atoms with Crippen molar-refractivity contribution in [2.75, 3.05) is 19.5 Å². The van der Waals surface area contributed by atoms with Crippen molar-refractivity contribution in [1.82, 2.24) is 24.7 Å². The number of anilines is 2. The molecule has 0 atom stereocenters. The maximum absolute atomic E-state index is 12.6. The molecule has 3 aromatic heterocycles. The number of aromatic nitrogens is 5. The third kappa shape index (κ3) is 3.98. The number of fused-ring (bicyclic) bond motifs is 1. The molecule has 0 spiro atoms. The number of para-hydroxylation sites is 1. The van der Waals surface area contributed by atoms with E-state index in [9.17, 15) is 9.59 Å². The van der Waals surface area contributed by atoms with Crippen molar-refractivity contribution < 1.29 is 14.3 Å². The summed E-state index contributed by atoms with van der Waals surface area (Å²) in [6, 6.07) is 14.8. The van der Waals surface area contributed by atoms with Gasteiger partial charge in [-0.3, -0.25) is 4.98 Å². The summed E-state index contributed by atoms with van der Waals surface area (Å²) in [6.45, 7) is 3.90. The highest BCUT2D eigenvalue weighted by Crippen LogP contribution is 2.37. The number of pyridine rings is 1. The van der Waals surface area contributed by atoms with E-state index < -0.39 is 5.97 Å². The molecule has 182 valence electrons. The second kappa shape index (κ2) is 9.06. The average Bonchev–Trinajstić information content (AvgIpc) is 3.41. The third-order valence-electron chi connectivity index (χ3n) is 5.95. The van der Waals surface area contributed by atoms with Crippen LogP contribution in [0.4, 0.5) is 11.5 Å². The number of hydrogen-bond donors (Lipinski definition) is 3. The van der Waals surface area contributed by atoms with Crippen LogP contribution in [0, 0.1) is 13.8 Å². The smallest absolute Gasteiger partial charge is 0.340 e. The molecule has 5 aromatic rings. The summed E-state index contributed by atoms with van der Waals surface area (Å²) in [5.74, 6) is 0.636. The Balaban J connectivity index is 1.75. The molecule has 0 saturated carbocycles. The van der Waals surface area contributed by atoms with Crippen molar-refractivity contribution >= 4 is 28.6 Å². The summed E-state index contributed by atoms with van der Waals surface area (Å²) in [7, 11) is 2.87. The lowest BCUT2D eigenvalue weighted by molar-refractivity contribution is 0.0601. The van der Waals surface area contributed by atoms with Crippen LogP contribution in [0.5, 0.6) is 5.75 Å². The molecule has 0 aliphatic rings. The Morgan fingerprint density at radius 3 is 2.61 bits per heavy atom. The SMILES string of the molecule is COC(=O)c1cc(OC)ccc1Nc1c(-c2cnc3[nH]c(=O)[nH]c3c2)c(C)nn1-c1ccccc1C. The summed E-state index contributed by atoms with van der Waals surface area (Å²) < 4.78 is 12.1. The van der Waals surface area contributed by atoms with Crippen molar-refractivity contribution in [1.29, 1.82) is 0 Å². The zero-order valence-corrected chi connectivity index (χ0v) is 20.2. The lowest BCUT2D eigenvalue weighted by atomic mass is 10.1. The van der Waals surface area contributed by atoms with Crippen LogP contribution >= 0.6 is 0 Å².